The smallest absolute Gasteiger partial charge is 0.143 e. The standard InChI is InChI=1S/C24H25O3/c1-4-18-27-24(19-8-6-5-7-9-19,20-10-14-22(25-2)15-11-20)21-12-16-23(26-3)17-13-21/h4-17H,18H2,1-3H3. The fourth-order valence-electron chi connectivity index (χ4n) is 3.28. The fraction of sp³-hybridized carbons (Fsp3) is 0.208. The molecule has 139 valence electrons. The zero-order valence-electron chi connectivity index (χ0n) is 16.0. The van der Waals surface area contributed by atoms with Crippen LogP contribution >= 0.6 is 0 Å². The number of rotatable bonds is 8. The summed E-state index contributed by atoms with van der Waals surface area (Å²) in [6, 6.07) is 26.4. The molecule has 0 bridgehead atoms. The van der Waals surface area contributed by atoms with Gasteiger partial charge in [0.2, 0.25) is 0 Å². The van der Waals surface area contributed by atoms with Gasteiger partial charge in [0.15, 0.2) is 0 Å². The second kappa shape index (κ2) is 8.74. The average molecular weight is 361 g/mol. The van der Waals surface area contributed by atoms with E-state index >= 15 is 0 Å². The van der Waals surface area contributed by atoms with Gasteiger partial charge in [0, 0.05) is 0 Å². The molecule has 0 unspecified atom stereocenters. The maximum Gasteiger partial charge on any atom is 0.143 e. The molecule has 27 heavy (non-hydrogen) atoms. The molecule has 0 aliphatic carbocycles. The van der Waals surface area contributed by atoms with Crippen LogP contribution in [-0.2, 0) is 10.3 Å². The fourth-order valence-corrected chi connectivity index (χ4v) is 3.28. The van der Waals surface area contributed by atoms with Gasteiger partial charge in [-0.25, -0.2) is 0 Å². The number of hydrogen-bond acceptors (Lipinski definition) is 3. The normalized spacial score (nSPS) is 11.2. The minimum absolute atomic E-state index is 0.521. The van der Waals surface area contributed by atoms with Gasteiger partial charge in [-0.3, -0.25) is 0 Å². The SMILES string of the molecule is C[CH]COC(c1ccccc1)(c1ccc(OC)cc1)c1ccc(OC)cc1. The van der Waals surface area contributed by atoms with Crippen molar-refractivity contribution < 1.29 is 14.2 Å². The summed E-state index contributed by atoms with van der Waals surface area (Å²) in [5.41, 5.74) is 2.43. The molecule has 3 nitrogen and oxygen atoms in total. The van der Waals surface area contributed by atoms with Crippen LogP contribution in [0.15, 0.2) is 78.9 Å². The summed E-state index contributed by atoms with van der Waals surface area (Å²) in [5.74, 6) is 1.63. The summed E-state index contributed by atoms with van der Waals surface area (Å²) in [7, 11) is 3.34. The molecular formula is C24H25O3. The van der Waals surface area contributed by atoms with E-state index in [1.165, 1.54) is 0 Å². The lowest BCUT2D eigenvalue weighted by Crippen LogP contribution is -2.33. The van der Waals surface area contributed by atoms with E-state index in [1.54, 1.807) is 14.2 Å². The van der Waals surface area contributed by atoms with Crippen LogP contribution in [-0.4, -0.2) is 20.8 Å². The Morgan fingerprint density at radius 1 is 0.667 bits per heavy atom. The second-order valence-corrected chi connectivity index (χ2v) is 6.22. The average Bonchev–Trinajstić information content (AvgIpc) is 2.76. The minimum Gasteiger partial charge on any atom is -0.497 e. The molecule has 0 N–H and O–H groups in total. The third-order valence-corrected chi connectivity index (χ3v) is 4.64. The zero-order valence-corrected chi connectivity index (χ0v) is 16.0. The highest BCUT2D eigenvalue weighted by atomic mass is 16.5. The van der Waals surface area contributed by atoms with Crippen LogP contribution in [0.5, 0.6) is 11.5 Å². The highest BCUT2D eigenvalue weighted by Gasteiger charge is 2.37. The number of benzene rings is 3. The Kier molecular flexibility index (Phi) is 6.15. The summed E-state index contributed by atoms with van der Waals surface area (Å²) in [4.78, 5) is 0. The first kappa shape index (κ1) is 19.0. The van der Waals surface area contributed by atoms with Crippen molar-refractivity contribution in [2.75, 3.05) is 20.8 Å². The van der Waals surface area contributed by atoms with E-state index in [2.05, 4.69) is 36.4 Å². The molecule has 0 aliphatic rings. The minimum atomic E-state index is -0.730. The van der Waals surface area contributed by atoms with E-state index in [4.69, 9.17) is 14.2 Å². The molecule has 0 fully saturated rings. The van der Waals surface area contributed by atoms with E-state index < -0.39 is 5.60 Å². The zero-order chi connectivity index (χ0) is 19.1. The first-order valence-corrected chi connectivity index (χ1v) is 9.01. The van der Waals surface area contributed by atoms with Gasteiger partial charge in [-0.1, -0.05) is 61.5 Å². The number of ether oxygens (including phenoxy) is 3. The van der Waals surface area contributed by atoms with E-state index in [1.807, 2.05) is 55.8 Å². The molecule has 0 amide bonds. The van der Waals surface area contributed by atoms with Gasteiger partial charge in [0.05, 0.1) is 20.8 Å². The van der Waals surface area contributed by atoms with E-state index in [0.717, 1.165) is 28.2 Å². The lowest BCUT2D eigenvalue weighted by atomic mass is 9.80. The molecule has 0 saturated carbocycles. The molecule has 0 atom stereocenters. The molecule has 1 radical (unpaired) electrons. The van der Waals surface area contributed by atoms with Crippen LogP contribution in [0, 0.1) is 6.42 Å². The Balaban J connectivity index is 2.22. The Labute approximate surface area is 161 Å². The summed E-state index contributed by atoms with van der Waals surface area (Å²) in [5, 5.41) is 0. The van der Waals surface area contributed by atoms with E-state index in [0.29, 0.717) is 6.61 Å². The van der Waals surface area contributed by atoms with Gasteiger partial charge in [-0.05, 0) is 47.4 Å². The Hall–Kier alpha value is -2.78. The molecule has 3 heteroatoms. The van der Waals surface area contributed by atoms with Crippen LogP contribution in [0.3, 0.4) is 0 Å². The first-order chi connectivity index (χ1) is 13.2. The predicted molar refractivity (Wildman–Crippen MR) is 108 cm³/mol. The Morgan fingerprint density at radius 2 is 1.11 bits per heavy atom. The van der Waals surface area contributed by atoms with Gasteiger partial charge >= 0.3 is 0 Å². The topological polar surface area (TPSA) is 27.7 Å². The molecule has 0 heterocycles. The van der Waals surface area contributed by atoms with Crippen molar-refractivity contribution in [3.8, 4) is 11.5 Å². The molecular weight excluding hydrogens is 336 g/mol. The number of methoxy groups -OCH3 is 2. The monoisotopic (exact) mass is 361 g/mol. The van der Waals surface area contributed by atoms with Gasteiger partial charge in [0.1, 0.15) is 17.1 Å². The van der Waals surface area contributed by atoms with Crippen molar-refractivity contribution in [1.29, 1.82) is 0 Å². The lowest BCUT2D eigenvalue weighted by Gasteiger charge is -2.36. The molecule has 3 aromatic rings. The van der Waals surface area contributed by atoms with Crippen LogP contribution in [0.2, 0.25) is 0 Å². The number of hydrogen-bond donors (Lipinski definition) is 0. The summed E-state index contributed by atoms with van der Waals surface area (Å²) in [6.45, 7) is 2.52. The van der Waals surface area contributed by atoms with E-state index in [-0.39, 0.29) is 0 Å². The van der Waals surface area contributed by atoms with Gasteiger partial charge < -0.3 is 14.2 Å². The summed E-state index contributed by atoms with van der Waals surface area (Å²) >= 11 is 0. The molecule has 0 saturated heterocycles. The van der Waals surface area contributed by atoms with Crippen molar-refractivity contribution in [1.82, 2.24) is 0 Å². The molecule has 0 spiro atoms. The third kappa shape index (κ3) is 3.83. The second-order valence-electron chi connectivity index (χ2n) is 6.22. The van der Waals surface area contributed by atoms with Crippen LogP contribution in [0.4, 0.5) is 0 Å². The van der Waals surface area contributed by atoms with Crippen molar-refractivity contribution in [2.45, 2.75) is 12.5 Å². The molecule has 0 aromatic heterocycles. The Bertz CT molecular complexity index is 776. The summed E-state index contributed by atoms with van der Waals surface area (Å²) < 4.78 is 17.2. The summed E-state index contributed by atoms with van der Waals surface area (Å²) in [6.07, 6.45) is 2.02. The maximum atomic E-state index is 6.55. The quantitative estimate of drug-likeness (QED) is 0.514. The van der Waals surface area contributed by atoms with Gasteiger partial charge in [-0.15, -0.1) is 0 Å². The lowest BCUT2D eigenvalue weighted by molar-refractivity contribution is 0.0264. The Morgan fingerprint density at radius 3 is 1.52 bits per heavy atom. The van der Waals surface area contributed by atoms with Crippen LogP contribution < -0.4 is 9.47 Å². The van der Waals surface area contributed by atoms with Crippen molar-refractivity contribution >= 4 is 0 Å². The van der Waals surface area contributed by atoms with Crippen LogP contribution in [0.1, 0.15) is 23.6 Å². The highest BCUT2D eigenvalue weighted by molar-refractivity contribution is 5.49. The maximum absolute atomic E-state index is 6.55. The highest BCUT2D eigenvalue weighted by Crippen LogP contribution is 2.41. The first-order valence-electron chi connectivity index (χ1n) is 9.01. The predicted octanol–water partition coefficient (Wildman–Crippen LogP) is 5.24. The van der Waals surface area contributed by atoms with Crippen molar-refractivity contribution in [3.63, 3.8) is 0 Å². The third-order valence-electron chi connectivity index (χ3n) is 4.64. The van der Waals surface area contributed by atoms with Gasteiger partial charge in [0.25, 0.3) is 0 Å². The molecule has 3 rings (SSSR count). The molecule has 3 aromatic carbocycles. The van der Waals surface area contributed by atoms with Crippen molar-refractivity contribution in [2.24, 2.45) is 0 Å². The molecule has 0 aliphatic heterocycles. The largest absolute Gasteiger partial charge is 0.497 e. The van der Waals surface area contributed by atoms with E-state index in [9.17, 15) is 0 Å². The van der Waals surface area contributed by atoms with Crippen molar-refractivity contribution in [3.05, 3.63) is 102 Å². The van der Waals surface area contributed by atoms with Gasteiger partial charge in [-0.2, -0.15) is 0 Å². The van der Waals surface area contributed by atoms with Crippen LogP contribution in [0.25, 0.3) is 0 Å².